The number of nitrogens with one attached hydrogen (secondary N) is 2. The van der Waals surface area contributed by atoms with Gasteiger partial charge in [0.05, 0.1) is 12.2 Å². The van der Waals surface area contributed by atoms with Gasteiger partial charge in [0.1, 0.15) is 10.7 Å². The van der Waals surface area contributed by atoms with E-state index < -0.39 is 0 Å². The Morgan fingerprint density at radius 2 is 2.53 bits per heavy atom. The molecule has 0 spiro atoms. The molecule has 0 aliphatic carbocycles. The highest BCUT2D eigenvalue weighted by Crippen LogP contribution is 2.08. The van der Waals surface area contributed by atoms with E-state index in [1.54, 1.807) is 12.4 Å². The lowest BCUT2D eigenvalue weighted by atomic mass is 10.3. The highest BCUT2D eigenvalue weighted by molar-refractivity contribution is 7.07. The second-order valence-electron chi connectivity index (χ2n) is 2.95. The van der Waals surface area contributed by atoms with E-state index in [0.29, 0.717) is 4.88 Å². The number of hydrogen-bond acceptors (Lipinski definition) is 5. The highest BCUT2D eigenvalue weighted by atomic mass is 32.1. The van der Waals surface area contributed by atoms with Gasteiger partial charge in [-0.25, -0.2) is 4.98 Å². The van der Waals surface area contributed by atoms with Gasteiger partial charge in [-0.15, -0.1) is 5.10 Å². The van der Waals surface area contributed by atoms with Crippen molar-refractivity contribution in [2.75, 3.05) is 0 Å². The summed E-state index contributed by atoms with van der Waals surface area (Å²) in [6, 6.07) is -0.158. The van der Waals surface area contributed by atoms with Crippen molar-refractivity contribution in [3.05, 3.63) is 29.3 Å². The summed E-state index contributed by atoms with van der Waals surface area (Å²) in [5, 5.41) is 6.38. The van der Waals surface area contributed by atoms with Gasteiger partial charge in [0, 0.05) is 12.4 Å². The Bertz CT molecular complexity index is 424. The Morgan fingerprint density at radius 3 is 3.13 bits per heavy atom. The van der Waals surface area contributed by atoms with Gasteiger partial charge < -0.3 is 10.3 Å². The highest BCUT2D eigenvalue weighted by Gasteiger charge is 2.14. The topological polar surface area (TPSA) is 83.6 Å². The Morgan fingerprint density at radius 1 is 1.67 bits per heavy atom. The van der Waals surface area contributed by atoms with Crippen LogP contribution in [-0.4, -0.2) is 25.5 Å². The molecule has 2 aromatic heterocycles. The molecule has 2 aromatic rings. The molecule has 0 saturated carbocycles. The molecule has 2 N–H and O–H groups in total. The molecular weight excluding hydrogens is 214 g/mol. The fraction of sp³-hybridized carbons (Fsp3) is 0.250. The van der Waals surface area contributed by atoms with Crippen LogP contribution in [0.15, 0.2) is 18.6 Å². The molecule has 0 bridgehead atoms. The van der Waals surface area contributed by atoms with E-state index >= 15 is 0 Å². The summed E-state index contributed by atoms with van der Waals surface area (Å²) < 4.78 is 3.62. The second kappa shape index (κ2) is 4.18. The maximum Gasteiger partial charge on any atom is 0.265 e. The van der Waals surface area contributed by atoms with Gasteiger partial charge in [-0.05, 0) is 18.5 Å². The number of rotatable bonds is 3. The van der Waals surface area contributed by atoms with Gasteiger partial charge in [0.25, 0.3) is 5.91 Å². The Labute approximate surface area is 89.9 Å². The van der Waals surface area contributed by atoms with Gasteiger partial charge in [-0.3, -0.25) is 4.79 Å². The van der Waals surface area contributed by atoms with Crippen molar-refractivity contribution in [2.45, 2.75) is 13.0 Å². The quantitative estimate of drug-likeness (QED) is 0.804. The molecule has 1 atom stereocenters. The minimum atomic E-state index is -0.186. The lowest BCUT2D eigenvalue weighted by Gasteiger charge is -2.09. The third-order valence-electron chi connectivity index (χ3n) is 1.86. The molecule has 78 valence electrons. The summed E-state index contributed by atoms with van der Waals surface area (Å²) in [5.41, 5.74) is 0. The molecule has 15 heavy (non-hydrogen) atoms. The van der Waals surface area contributed by atoms with Crippen molar-refractivity contribution in [3.63, 3.8) is 0 Å². The Hall–Kier alpha value is -1.76. The molecule has 0 aromatic carbocycles. The Balaban J connectivity index is 2.01. The maximum absolute atomic E-state index is 11.6. The van der Waals surface area contributed by atoms with E-state index in [1.165, 1.54) is 6.20 Å². The molecule has 1 amide bonds. The largest absolute Gasteiger partial charge is 0.347 e. The van der Waals surface area contributed by atoms with Crippen LogP contribution < -0.4 is 5.32 Å². The smallest absolute Gasteiger partial charge is 0.265 e. The van der Waals surface area contributed by atoms with Crippen LogP contribution in [0.4, 0.5) is 0 Å². The standard InChI is InChI=1S/C8H9N5OS/c1-5(7-9-2-3-10-7)12-8(14)6-4-11-13-15-6/h2-5H,1H3,(H,9,10)(H,12,14). The van der Waals surface area contributed by atoms with Crippen LogP contribution in [0.3, 0.4) is 0 Å². The van der Waals surface area contributed by atoms with Crippen LogP contribution in [0.1, 0.15) is 28.5 Å². The predicted molar refractivity (Wildman–Crippen MR) is 54.4 cm³/mol. The number of nitrogens with zero attached hydrogens (tertiary/aromatic N) is 3. The van der Waals surface area contributed by atoms with Crippen LogP contribution in [-0.2, 0) is 0 Å². The number of aromatic amines is 1. The van der Waals surface area contributed by atoms with Crippen LogP contribution in [0, 0.1) is 0 Å². The summed E-state index contributed by atoms with van der Waals surface area (Å²) >= 11 is 1.07. The van der Waals surface area contributed by atoms with Crippen LogP contribution in [0.5, 0.6) is 0 Å². The summed E-state index contributed by atoms with van der Waals surface area (Å²) in [7, 11) is 0. The van der Waals surface area contributed by atoms with Crippen LogP contribution >= 0.6 is 11.5 Å². The summed E-state index contributed by atoms with van der Waals surface area (Å²) in [5.74, 6) is 0.537. The summed E-state index contributed by atoms with van der Waals surface area (Å²) in [6.07, 6.45) is 4.80. The van der Waals surface area contributed by atoms with E-state index in [4.69, 9.17) is 0 Å². The molecule has 0 fully saturated rings. The first kappa shape index (κ1) is 9.78. The van der Waals surface area contributed by atoms with Gasteiger partial charge >= 0.3 is 0 Å². The number of carbonyl (C=O) groups is 1. The first-order valence-electron chi connectivity index (χ1n) is 4.35. The zero-order valence-corrected chi connectivity index (χ0v) is 8.78. The van der Waals surface area contributed by atoms with Gasteiger partial charge in [0.2, 0.25) is 0 Å². The number of amides is 1. The molecule has 7 heteroatoms. The van der Waals surface area contributed by atoms with Crippen molar-refractivity contribution in [3.8, 4) is 0 Å². The number of imidazole rings is 1. The number of H-pyrrole nitrogens is 1. The van der Waals surface area contributed by atoms with E-state index in [2.05, 4.69) is 24.9 Å². The van der Waals surface area contributed by atoms with Crippen molar-refractivity contribution in [2.24, 2.45) is 0 Å². The van der Waals surface area contributed by atoms with E-state index in [9.17, 15) is 4.79 Å². The normalized spacial score (nSPS) is 12.3. The molecule has 0 aliphatic heterocycles. The number of carbonyl (C=O) groups excluding carboxylic acids is 1. The minimum absolute atomic E-state index is 0.158. The average Bonchev–Trinajstić information content (AvgIpc) is 2.91. The number of hydrogen-bond donors (Lipinski definition) is 2. The minimum Gasteiger partial charge on any atom is -0.347 e. The second-order valence-corrected chi connectivity index (χ2v) is 3.74. The van der Waals surface area contributed by atoms with Crippen molar-refractivity contribution in [1.29, 1.82) is 0 Å². The average molecular weight is 223 g/mol. The third-order valence-corrected chi connectivity index (χ3v) is 2.53. The molecule has 0 aliphatic rings. The molecule has 2 heterocycles. The lowest BCUT2D eigenvalue weighted by Crippen LogP contribution is -2.26. The molecule has 0 radical (unpaired) electrons. The van der Waals surface area contributed by atoms with Crippen LogP contribution in [0.25, 0.3) is 0 Å². The summed E-state index contributed by atoms with van der Waals surface area (Å²) in [4.78, 5) is 19.1. The maximum atomic E-state index is 11.6. The van der Waals surface area contributed by atoms with E-state index in [-0.39, 0.29) is 11.9 Å². The zero-order chi connectivity index (χ0) is 10.7. The first-order valence-corrected chi connectivity index (χ1v) is 5.12. The third kappa shape index (κ3) is 2.18. The van der Waals surface area contributed by atoms with Gasteiger partial charge in [0.15, 0.2) is 0 Å². The van der Waals surface area contributed by atoms with Crippen molar-refractivity contribution in [1.82, 2.24) is 24.9 Å². The van der Waals surface area contributed by atoms with Crippen LogP contribution in [0.2, 0.25) is 0 Å². The van der Waals surface area contributed by atoms with E-state index in [0.717, 1.165) is 17.4 Å². The molecule has 2 rings (SSSR count). The molecular formula is C8H9N5OS. The van der Waals surface area contributed by atoms with Crippen molar-refractivity contribution < 1.29 is 4.79 Å². The van der Waals surface area contributed by atoms with Gasteiger partial charge in [-0.1, -0.05) is 4.49 Å². The summed E-state index contributed by atoms with van der Waals surface area (Å²) in [6.45, 7) is 1.85. The van der Waals surface area contributed by atoms with Gasteiger partial charge in [-0.2, -0.15) is 0 Å². The Kier molecular flexibility index (Phi) is 2.72. The number of aromatic nitrogens is 4. The first-order chi connectivity index (χ1) is 7.27. The monoisotopic (exact) mass is 223 g/mol. The van der Waals surface area contributed by atoms with Crippen molar-refractivity contribution >= 4 is 17.4 Å². The SMILES string of the molecule is CC(NC(=O)c1cnns1)c1ncc[nH]1. The molecule has 0 saturated heterocycles. The zero-order valence-electron chi connectivity index (χ0n) is 7.97. The fourth-order valence-corrected chi connectivity index (χ4v) is 1.54. The predicted octanol–water partition coefficient (Wildman–Crippen LogP) is 0.752. The fourth-order valence-electron chi connectivity index (χ4n) is 1.12. The molecule has 6 nitrogen and oxygen atoms in total. The lowest BCUT2D eigenvalue weighted by molar-refractivity contribution is 0.0942. The molecule has 1 unspecified atom stereocenters. The van der Waals surface area contributed by atoms with E-state index in [1.807, 2.05) is 6.92 Å².